The molecule has 0 N–H and O–H groups in total. The van der Waals surface area contributed by atoms with Crippen molar-refractivity contribution in [1.29, 1.82) is 0 Å². The van der Waals surface area contributed by atoms with E-state index in [1.807, 2.05) is 6.92 Å². The van der Waals surface area contributed by atoms with Crippen LogP contribution in [0.2, 0.25) is 0 Å². The molecule has 0 bridgehead atoms. The van der Waals surface area contributed by atoms with Gasteiger partial charge in [-0.2, -0.15) is 11.8 Å². The third-order valence-corrected chi connectivity index (χ3v) is 4.79. The minimum Gasteiger partial charge on any atom is -0.232 e. The highest BCUT2D eigenvalue weighted by molar-refractivity contribution is 9.21. The van der Waals surface area contributed by atoms with Crippen LogP contribution >= 0.6 is 27.7 Å². The molecule has 0 spiro atoms. The maximum Gasteiger partial charge on any atom is 0.225 e. The molecule has 0 saturated carbocycles. The molecule has 1 aliphatic heterocycles. The summed E-state index contributed by atoms with van der Waals surface area (Å²) in [6.07, 6.45) is 0. The van der Waals surface area contributed by atoms with Gasteiger partial charge in [0.1, 0.15) is 0 Å². The Hall–Kier alpha value is 0.190. The lowest BCUT2D eigenvalue weighted by Gasteiger charge is -1.92. The predicted molar refractivity (Wildman–Crippen MR) is 56.4 cm³/mol. The number of rotatable bonds is 3. The summed E-state index contributed by atoms with van der Waals surface area (Å²) >= 11 is 4.54. The minimum absolute atomic E-state index is 0.0294. The van der Waals surface area contributed by atoms with Crippen molar-refractivity contribution in [3.8, 4) is 0 Å². The smallest absolute Gasteiger partial charge is 0.225 e. The normalized spacial score (nSPS) is 20.5. The Balaban J connectivity index is 2.73. The highest BCUT2D eigenvalue weighted by Crippen LogP contribution is 2.21. The zero-order valence-corrected chi connectivity index (χ0v) is 9.67. The lowest BCUT2D eigenvalue weighted by molar-refractivity contribution is 0.616. The summed E-state index contributed by atoms with van der Waals surface area (Å²) in [6.45, 7) is 2.02. The van der Waals surface area contributed by atoms with E-state index in [9.17, 15) is 8.42 Å². The standard InChI is InChI=1S/C6H8BrNO2S2/c1-2-11-3-5-4-12(9,10)6(7)8-5/h4H,2-3H2,1H3. The highest BCUT2D eigenvalue weighted by Gasteiger charge is 2.21. The third-order valence-electron chi connectivity index (χ3n) is 1.21. The van der Waals surface area contributed by atoms with Crippen LogP contribution in [0, 0.1) is 0 Å². The summed E-state index contributed by atoms with van der Waals surface area (Å²) in [5.74, 6) is 1.62. The topological polar surface area (TPSA) is 46.5 Å². The summed E-state index contributed by atoms with van der Waals surface area (Å²) in [5, 5.41) is 1.21. The van der Waals surface area contributed by atoms with Crippen LogP contribution in [0.4, 0.5) is 0 Å². The summed E-state index contributed by atoms with van der Waals surface area (Å²) in [6, 6.07) is 0. The average Bonchev–Trinajstić information content (AvgIpc) is 2.22. The van der Waals surface area contributed by atoms with Crippen LogP contribution < -0.4 is 0 Å². The molecule has 0 aromatic carbocycles. The van der Waals surface area contributed by atoms with Gasteiger partial charge in [-0.15, -0.1) is 0 Å². The quantitative estimate of drug-likeness (QED) is 0.785. The molecular weight excluding hydrogens is 262 g/mol. The number of halogens is 1. The van der Waals surface area contributed by atoms with Gasteiger partial charge >= 0.3 is 0 Å². The fraction of sp³-hybridized carbons (Fsp3) is 0.500. The molecular formula is C6H8BrNO2S2. The van der Waals surface area contributed by atoms with E-state index in [0.717, 1.165) is 5.75 Å². The summed E-state index contributed by atoms with van der Waals surface area (Å²) in [7, 11) is -3.21. The van der Waals surface area contributed by atoms with Crippen LogP contribution in [0.5, 0.6) is 0 Å². The molecule has 0 fully saturated rings. The fourth-order valence-electron chi connectivity index (χ4n) is 0.704. The predicted octanol–water partition coefficient (Wildman–Crippen LogP) is 1.76. The highest BCUT2D eigenvalue weighted by atomic mass is 79.9. The van der Waals surface area contributed by atoms with Crippen LogP contribution in [-0.4, -0.2) is 23.9 Å². The second-order valence-corrected chi connectivity index (χ2v) is 6.42. The molecule has 68 valence electrons. The van der Waals surface area contributed by atoms with Gasteiger partial charge in [-0.3, -0.25) is 0 Å². The van der Waals surface area contributed by atoms with Gasteiger partial charge in [0.2, 0.25) is 13.8 Å². The van der Waals surface area contributed by atoms with Crippen molar-refractivity contribution < 1.29 is 8.42 Å². The Morgan fingerprint density at radius 1 is 1.67 bits per heavy atom. The number of thioether (sulfide) groups is 1. The SMILES string of the molecule is CCSCC1=CS(=O)(=O)C(Br)=N1. The molecule has 6 heteroatoms. The van der Waals surface area contributed by atoms with Gasteiger partial charge in [-0.1, -0.05) is 6.92 Å². The van der Waals surface area contributed by atoms with E-state index in [1.54, 1.807) is 11.8 Å². The van der Waals surface area contributed by atoms with Crippen LogP contribution in [0.25, 0.3) is 0 Å². The number of sulfone groups is 1. The van der Waals surface area contributed by atoms with E-state index in [0.29, 0.717) is 11.4 Å². The Morgan fingerprint density at radius 2 is 2.33 bits per heavy atom. The van der Waals surface area contributed by atoms with E-state index in [1.165, 1.54) is 5.41 Å². The van der Waals surface area contributed by atoms with Crippen molar-refractivity contribution in [3.05, 3.63) is 11.1 Å². The van der Waals surface area contributed by atoms with Gasteiger partial charge in [0.15, 0.2) is 0 Å². The molecule has 12 heavy (non-hydrogen) atoms. The molecule has 1 aliphatic rings. The van der Waals surface area contributed by atoms with Crippen molar-refractivity contribution in [2.24, 2.45) is 4.99 Å². The first kappa shape index (κ1) is 10.3. The number of hydrogen-bond donors (Lipinski definition) is 0. The Kier molecular flexibility index (Phi) is 3.37. The van der Waals surface area contributed by atoms with Gasteiger partial charge in [0.25, 0.3) is 0 Å². The summed E-state index contributed by atoms with van der Waals surface area (Å²) < 4.78 is 22.2. The van der Waals surface area contributed by atoms with Crippen molar-refractivity contribution in [3.63, 3.8) is 0 Å². The van der Waals surface area contributed by atoms with Crippen LogP contribution in [0.3, 0.4) is 0 Å². The first-order valence-corrected chi connectivity index (χ1v) is 6.83. The van der Waals surface area contributed by atoms with Gasteiger partial charge in [0, 0.05) is 5.75 Å². The van der Waals surface area contributed by atoms with Crippen molar-refractivity contribution in [2.45, 2.75) is 6.92 Å². The molecule has 3 nitrogen and oxygen atoms in total. The zero-order chi connectivity index (χ0) is 9.19. The molecule has 1 heterocycles. The van der Waals surface area contributed by atoms with Crippen LogP contribution in [0.15, 0.2) is 16.1 Å². The first-order valence-electron chi connectivity index (χ1n) is 3.34. The molecule has 0 aliphatic carbocycles. The molecule has 0 unspecified atom stereocenters. The van der Waals surface area contributed by atoms with E-state index < -0.39 is 9.84 Å². The van der Waals surface area contributed by atoms with Gasteiger partial charge in [-0.25, -0.2) is 13.4 Å². The minimum atomic E-state index is -3.21. The van der Waals surface area contributed by atoms with Gasteiger partial charge in [0.05, 0.1) is 11.1 Å². The number of aliphatic imine (C=N–C) groups is 1. The molecule has 1 rings (SSSR count). The van der Waals surface area contributed by atoms with E-state index in [-0.39, 0.29) is 3.95 Å². The van der Waals surface area contributed by atoms with E-state index in [4.69, 9.17) is 0 Å². The first-order chi connectivity index (χ1) is 5.56. The third kappa shape index (κ3) is 2.34. The van der Waals surface area contributed by atoms with Crippen LogP contribution in [0.1, 0.15) is 6.92 Å². The Bertz CT molecular complexity index is 331. The lowest BCUT2D eigenvalue weighted by Crippen LogP contribution is -1.98. The largest absolute Gasteiger partial charge is 0.232 e. The summed E-state index contributed by atoms with van der Waals surface area (Å²) in [4.78, 5) is 3.86. The maximum atomic E-state index is 11.1. The van der Waals surface area contributed by atoms with Gasteiger partial charge in [-0.05, 0) is 21.7 Å². The van der Waals surface area contributed by atoms with Crippen molar-refractivity contribution in [2.75, 3.05) is 11.5 Å². The van der Waals surface area contributed by atoms with Crippen molar-refractivity contribution >= 4 is 41.5 Å². The monoisotopic (exact) mass is 269 g/mol. The molecule has 0 radical (unpaired) electrons. The number of hydrogen-bond acceptors (Lipinski definition) is 4. The Morgan fingerprint density at radius 3 is 2.75 bits per heavy atom. The zero-order valence-electron chi connectivity index (χ0n) is 6.45. The molecule has 0 amide bonds. The summed E-state index contributed by atoms with van der Waals surface area (Å²) in [5.41, 5.74) is 0.619. The molecule has 0 atom stereocenters. The van der Waals surface area contributed by atoms with E-state index >= 15 is 0 Å². The average molecular weight is 270 g/mol. The fourth-order valence-corrected chi connectivity index (χ4v) is 2.71. The van der Waals surface area contributed by atoms with Gasteiger partial charge < -0.3 is 0 Å². The lowest BCUT2D eigenvalue weighted by atomic mass is 10.6. The molecule has 0 aromatic rings. The molecule has 0 saturated heterocycles. The van der Waals surface area contributed by atoms with E-state index in [2.05, 4.69) is 20.9 Å². The Labute approximate surface area is 84.4 Å². The maximum absolute atomic E-state index is 11.1. The van der Waals surface area contributed by atoms with Crippen molar-refractivity contribution in [1.82, 2.24) is 0 Å². The van der Waals surface area contributed by atoms with Crippen LogP contribution in [-0.2, 0) is 9.84 Å². The molecule has 0 aromatic heterocycles. The number of nitrogens with zero attached hydrogens (tertiary/aromatic N) is 1. The second kappa shape index (κ2) is 3.93. The second-order valence-electron chi connectivity index (χ2n) is 2.16.